The van der Waals surface area contributed by atoms with Gasteiger partial charge in [-0.1, -0.05) is 36.4 Å². The second-order valence-electron chi connectivity index (χ2n) is 6.69. The Labute approximate surface area is 173 Å². The lowest BCUT2D eigenvalue weighted by atomic mass is 9.99. The molecule has 142 valence electrons. The number of aromatic nitrogens is 2. The third kappa shape index (κ3) is 3.61. The van der Waals surface area contributed by atoms with Crippen molar-refractivity contribution in [2.75, 3.05) is 0 Å². The smallest absolute Gasteiger partial charge is 0.263 e. The van der Waals surface area contributed by atoms with Crippen molar-refractivity contribution < 1.29 is 0 Å². The number of pyridine rings is 2. The van der Waals surface area contributed by atoms with Gasteiger partial charge in [-0.3, -0.25) is 14.3 Å². The van der Waals surface area contributed by atoms with E-state index in [1.165, 1.54) is 0 Å². The van der Waals surface area contributed by atoms with Gasteiger partial charge in [0.15, 0.2) is 0 Å². The summed E-state index contributed by atoms with van der Waals surface area (Å²) in [7, 11) is 0. The fourth-order valence-corrected chi connectivity index (χ4v) is 3.36. The molecular formula is C25H16N4O. The minimum Gasteiger partial charge on any atom is -0.283 e. The molecule has 0 bridgehead atoms. The lowest BCUT2D eigenvalue weighted by Gasteiger charge is -2.13. The maximum Gasteiger partial charge on any atom is 0.263 e. The summed E-state index contributed by atoms with van der Waals surface area (Å²) in [4.78, 5) is 17.9. The fraction of sp³-hybridized carbons (Fsp3) is 0.0400. The Bertz CT molecular complexity index is 1360. The molecular weight excluding hydrogens is 372 g/mol. The molecule has 0 aliphatic rings. The van der Waals surface area contributed by atoms with Crippen molar-refractivity contribution in [1.82, 2.24) is 9.55 Å². The maximum atomic E-state index is 13.5. The fourth-order valence-electron chi connectivity index (χ4n) is 3.36. The highest BCUT2D eigenvalue weighted by atomic mass is 16.1. The van der Waals surface area contributed by atoms with Crippen LogP contribution >= 0.6 is 0 Å². The molecule has 0 radical (unpaired) electrons. The standard InChI is InChI=1S/C25H16N4O/c26-12-11-18-6-5-8-21(14-18)29-17-20(24-10-3-4-13-28-24)15-23(25(29)30)22-9-2-1-7-19(22)16-27/h1-10,13-15,17H,11H2. The van der Waals surface area contributed by atoms with Crippen molar-refractivity contribution >= 4 is 0 Å². The molecule has 0 fully saturated rings. The minimum absolute atomic E-state index is 0.244. The van der Waals surface area contributed by atoms with E-state index in [4.69, 9.17) is 5.26 Å². The zero-order valence-corrected chi connectivity index (χ0v) is 16.0. The molecule has 5 heteroatoms. The van der Waals surface area contributed by atoms with Crippen molar-refractivity contribution in [3.05, 3.63) is 107 Å². The topological polar surface area (TPSA) is 82.5 Å². The van der Waals surface area contributed by atoms with Crippen molar-refractivity contribution in [1.29, 1.82) is 10.5 Å². The molecule has 30 heavy (non-hydrogen) atoms. The molecule has 0 spiro atoms. The van der Waals surface area contributed by atoms with E-state index >= 15 is 0 Å². The third-order valence-electron chi connectivity index (χ3n) is 4.79. The third-order valence-corrected chi connectivity index (χ3v) is 4.79. The SMILES string of the molecule is N#CCc1cccc(-n2cc(-c3ccccn3)cc(-c3ccccc3C#N)c2=O)c1. The van der Waals surface area contributed by atoms with Crippen molar-refractivity contribution in [3.8, 4) is 40.2 Å². The Hall–Kier alpha value is -4.48. The van der Waals surface area contributed by atoms with Crippen LogP contribution in [0.2, 0.25) is 0 Å². The van der Waals surface area contributed by atoms with Crippen LogP contribution in [-0.4, -0.2) is 9.55 Å². The van der Waals surface area contributed by atoms with Crippen molar-refractivity contribution in [2.24, 2.45) is 0 Å². The summed E-state index contributed by atoms with van der Waals surface area (Å²) in [5.41, 5.74) is 4.12. The largest absolute Gasteiger partial charge is 0.283 e. The average Bonchev–Trinajstić information content (AvgIpc) is 2.80. The maximum absolute atomic E-state index is 13.5. The Balaban J connectivity index is 2.01. The highest BCUT2D eigenvalue weighted by molar-refractivity contribution is 5.74. The van der Waals surface area contributed by atoms with E-state index in [9.17, 15) is 10.1 Å². The highest BCUT2D eigenvalue weighted by Crippen LogP contribution is 2.26. The number of nitrogens with zero attached hydrogens (tertiary/aromatic N) is 4. The van der Waals surface area contributed by atoms with E-state index in [2.05, 4.69) is 17.1 Å². The Morgan fingerprint density at radius 1 is 0.900 bits per heavy atom. The van der Waals surface area contributed by atoms with Crippen LogP contribution in [0.4, 0.5) is 0 Å². The summed E-state index contributed by atoms with van der Waals surface area (Å²) in [6.07, 6.45) is 3.70. The van der Waals surface area contributed by atoms with E-state index in [0.29, 0.717) is 22.4 Å². The molecule has 4 aromatic rings. The number of benzene rings is 2. The van der Waals surface area contributed by atoms with Crippen LogP contribution in [0.5, 0.6) is 0 Å². The van der Waals surface area contributed by atoms with Crippen LogP contribution in [0.3, 0.4) is 0 Å². The first kappa shape index (κ1) is 18.9. The molecule has 0 saturated carbocycles. The van der Waals surface area contributed by atoms with Gasteiger partial charge in [-0.05, 0) is 42.0 Å². The van der Waals surface area contributed by atoms with Crippen LogP contribution in [0.15, 0.2) is 90.0 Å². The highest BCUT2D eigenvalue weighted by Gasteiger charge is 2.15. The van der Waals surface area contributed by atoms with Crippen LogP contribution in [-0.2, 0) is 6.42 Å². The summed E-state index contributed by atoms with van der Waals surface area (Å²) in [6.45, 7) is 0. The minimum atomic E-state index is -0.244. The molecule has 4 rings (SSSR count). The average molecular weight is 388 g/mol. The predicted octanol–water partition coefficient (Wildman–Crippen LogP) is 4.50. The van der Waals surface area contributed by atoms with Crippen LogP contribution in [0, 0.1) is 22.7 Å². The number of rotatable bonds is 4. The van der Waals surface area contributed by atoms with Gasteiger partial charge in [0.05, 0.1) is 29.8 Å². The lowest BCUT2D eigenvalue weighted by Crippen LogP contribution is -2.20. The summed E-state index contributed by atoms with van der Waals surface area (Å²) in [5.74, 6) is 0. The number of hydrogen-bond donors (Lipinski definition) is 0. The molecule has 2 aromatic carbocycles. The molecule has 0 amide bonds. The number of hydrogen-bond acceptors (Lipinski definition) is 4. The van der Waals surface area contributed by atoms with E-state index < -0.39 is 0 Å². The zero-order valence-electron chi connectivity index (χ0n) is 16.0. The molecule has 0 aliphatic heterocycles. The summed E-state index contributed by atoms with van der Waals surface area (Å²) >= 11 is 0. The predicted molar refractivity (Wildman–Crippen MR) is 115 cm³/mol. The van der Waals surface area contributed by atoms with Gasteiger partial charge in [0.25, 0.3) is 5.56 Å². The first-order valence-corrected chi connectivity index (χ1v) is 9.35. The van der Waals surface area contributed by atoms with Gasteiger partial charge < -0.3 is 0 Å². The molecule has 0 atom stereocenters. The van der Waals surface area contributed by atoms with Crippen LogP contribution < -0.4 is 5.56 Å². The van der Waals surface area contributed by atoms with Gasteiger partial charge in [-0.15, -0.1) is 0 Å². The Morgan fingerprint density at radius 3 is 2.50 bits per heavy atom. The summed E-state index contributed by atoms with van der Waals surface area (Å²) in [5, 5.41) is 18.6. The second kappa shape index (κ2) is 8.26. The van der Waals surface area contributed by atoms with Gasteiger partial charge in [-0.25, -0.2) is 0 Å². The van der Waals surface area contributed by atoms with Crippen LogP contribution in [0.1, 0.15) is 11.1 Å². The van der Waals surface area contributed by atoms with Crippen molar-refractivity contribution in [2.45, 2.75) is 6.42 Å². The van der Waals surface area contributed by atoms with E-state index in [1.807, 2.05) is 42.5 Å². The molecule has 0 unspecified atom stereocenters. The van der Waals surface area contributed by atoms with E-state index in [0.717, 1.165) is 16.8 Å². The Kier molecular flexibility index (Phi) is 5.19. The normalized spacial score (nSPS) is 10.2. The zero-order chi connectivity index (χ0) is 20.9. The molecule has 2 heterocycles. The van der Waals surface area contributed by atoms with Gasteiger partial charge in [0.2, 0.25) is 0 Å². The summed E-state index contributed by atoms with van der Waals surface area (Å²) in [6, 6.07) is 26.0. The first-order valence-electron chi connectivity index (χ1n) is 9.35. The van der Waals surface area contributed by atoms with E-state index in [-0.39, 0.29) is 12.0 Å². The molecule has 2 aromatic heterocycles. The summed E-state index contributed by atoms with van der Waals surface area (Å²) < 4.78 is 1.55. The lowest BCUT2D eigenvalue weighted by molar-refractivity contribution is 0.988. The van der Waals surface area contributed by atoms with E-state index in [1.54, 1.807) is 47.3 Å². The molecule has 0 N–H and O–H groups in total. The van der Waals surface area contributed by atoms with Crippen molar-refractivity contribution in [3.63, 3.8) is 0 Å². The molecule has 0 aliphatic carbocycles. The molecule has 5 nitrogen and oxygen atoms in total. The van der Waals surface area contributed by atoms with Gasteiger partial charge in [0, 0.05) is 34.8 Å². The first-order chi connectivity index (χ1) is 14.7. The number of nitriles is 2. The van der Waals surface area contributed by atoms with Gasteiger partial charge in [-0.2, -0.15) is 10.5 Å². The molecule has 0 saturated heterocycles. The monoisotopic (exact) mass is 388 g/mol. The van der Waals surface area contributed by atoms with Gasteiger partial charge in [0.1, 0.15) is 0 Å². The van der Waals surface area contributed by atoms with Gasteiger partial charge >= 0.3 is 0 Å². The second-order valence-corrected chi connectivity index (χ2v) is 6.69. The Morgan fingerprint density at radius 2 is 1.73 bits per heavy atom. The quantitative estimate of drug-likeness (QED) is 0.515. The van der Waals surface area contributed by atoms with Crippen LogP contribution in [0.25, 0.3) is 28.1 Å².